The molecule has 1 heterocycles. The van der Waals surface area contributed by atoms with E-state index < -0.39 is 0 Å². The lowest BCUT2D eigenvalue weighted by atomic mass is 9.86. The Balaban J connectivity index is 0.00000324. The molecule has 0 aromatic carbocycles. The van der Waals surface area contributed by atoms with Crippen LogP contribution >= 0.6 is 12.4 Å². The van der Waals surface area contributed by atoms with E-state index in [9.17, 15) is 4.79 Å². The molecule has 1 unspecified atom stereocenters. The largest absolute Gasteiger partial charge is 0.347 e. The molecule has 0 aliphatic rings. The third-order valence-corrected chi connectivity index (χ3v) is 3.06. The van der Waals surface area contributed by atoms with E-state index in [2.05, 4.69) is 31.1 Å². The predicted octanol–water partition coefficient (Wildman–Crippen LogP) is 2.22. The van der Waals surface area contributed by atoms with Crippen molar-refractivity contribution in [2.24, 2.45) is 11.1 Å². The van der Waals surface area contributed by atoms with Crippen molar-refractivity contribution in [3.8, 4) is 0 Å². The Labute approximate surface area is 121 Å². The standard InChI is InChI=1S/C14H23N3O.ClH/c1-9-6-7-11(10(2)16-9)13(18)17-12(8-15)14(3,4)5;/h6-7,12H,8,15H2,1-5H3,(H,17,18);1H. The zero-order valence-electron chi connectivity index (χ0n) is 12.3. The molecule has 0 spiro atoms. The highest BCUT2D eigenvalue weighted by Gasteiger charge is 2.25. The third kappa shape index (κ3) is 4.80. The van der Waals surface area contributed by atoms with Crippen LogP contribution in [0.1, 0.15) is 42.5 Å². The number of halogens is 1. The summed E-state index contributed by atoms with van der Waals surface area (Å²) in [7, 11) is 0. The fourth-order valence-corrected chi connectivity index (χ4v) is 1.79. The SMILES string of the molecule is Cc1ccc(C(=O)NC(CN)C(C)(C)C)c(C)n1.Cl. The molecule has 0 saturated heterocycles. The summed E-state index contributed by atoms with van der Waals surface area (Å²) in [4.78, 5) is 16.5. The van der Waals surface area contributed by atoms with Crippen LogP contribution in [0.4, 0.5) is 0 Å². The predicted molar refractivity (Wildman–Crippen MR) is 80.7 cm³/mol. The van der Waals surface area contributed by atoms with Gasteiger partial charge in [-0.25, -0.2) is 0 Å². The summed E-state index contributed by atoms with van der Waals surface area (Å²) < 4.78 is 0. The summed E-state index contributed by atoms with van der Waals surface area (Å²) in [6, 6.07) is 3.60. The highest BCUT2D eigenvalue weighted by atomic mass is 35.5. The highest BCUT2D eigenvalue weighted by Crippen LogP contribution is 2.19. The number of aromatic nitrogens is 1. The van der Waals surface area contributed by atoms with Gasteiger partial charge < -0.3 is 11.1 Å². The molecule has 1 aromatic rings. The van der Waals surface area contributed by atoms with E-state index in [1.165, 1.54) is 0 Å². The molecule has 4 nitrogen and oxygen atoms in total. The number of pyridine rings is 1. The normalized spacial score (nSPS) is 12.5. The molecular weight excluding hydrogens is 262 g/mol. The van der Waals surface area contributed by atoms with E-state index >= 15 is 0 Å². The fourth-order valence-electron chi connectivity index (χ4n) is 1.79. The molecule has 0 aliphatic heterocycles. The first kappa shape index (κ1) is 17.9. The highest BCUT2D eigenvalue weighted by molar-refractivity contribution is 5.95. The summed E-state index contributed by atoms with van der Waals surface area (Å²) in [5.74, 6) is -0.106. The third-order valence-electron chi connectivity index (χ3n) is 3.06. The van der Waals surface area contributed by atoms with Gasteiger partial charge in [-0.15, -0.1) is 12.4 Å². The Morgan fingerprint density at radius 2 is 1.95 bits per heavy atom. The summed E-state index contributed by atoms with van der Waals surface area (Å²) >= 11 is 0. The summed E-state index contributed by atoms with van der Waals surface area (Å²) in [5.41, 5.74) is 7.93. The molecule has 3 N–H and O–H groups in total. The Bertz CT molecular complexity index is 441. The minimum atomic E-state index is -0.106. The number of aryl methyl sites for hydroxylation is 2. The van der Waals surface area contributed by atoms with Crippen molar-refractivity contribution in [3.05, 3.63) is 29.1 Å². The van der Waals surface area contributed by atoms with E-state index in [0.717, 1.165) is 11.4 Å². The molecule has 1 amide bonds. The quantitative estimate of drug-likeness (QED) is 0.895. The van der Waals surface area contributed by atoms with Crippen LogP contribution in [-0.2, 0) is 0 Å². The van der Waals surface area contributed by atoms with Crippen molar-refractivity contribution in [1.29, 1.82) is 0 Å². The van der Waals surface area contributed by atoms with Gasteiger partial charge in [0.15, 0.2) is 0 Å². The lowest BCUT2D eigenvalue weighted by Crippen LogP contribution is -2.48. The first-order valence-electron chi connectivity index (χ1n) is 6.21. The second-order valence-corrected chi connectivity index (χ2v) is 5.71. The number of nitrogens with two attached hydrogens (primary N) is 1. The van der Waals surface area contributed by atoms with E-state index in [1.807, 2.05) is 26.0 Å². The molecule has 0 bridgehead atoms. The van der Waals surface area contributed by atoms with E-state index in [1.54, 1.807) is 0 Å². The number of hydrogen-bond donors (Lipinski definition) is 2. The van der Waals surface area contributed by atoms with E-state index in [4.69, 9.17) is 5.73 Å². The van der Waals surface area contributed by atoms with Gasteiger partial charge >= 0.3 is 0 Å². The van der Waals surface area contributed by atoms with Gasteiger partial charge in [0.2, 0.25) is 0 Å². The number of nitrogens with one attached hydrogen (secondary N) is 1. The van der Waals surface area contributed by atoms with Gasteiger partial charge in [-0.05, 0) is 31.4 Å². The van der Waals surface area contributed by atoms with E-state index in [0.29, 0.717) is 12.1 Å². The van der Waals surface area contributed by atoms with Crippen LogP contribution < -0.4 is 11.1 Å². The van der Waals surface area contributed by atoms with Crippen molar-refractivity contribution < 1.29 is 4.79 Å². The maximum Gasteiger partial charge on any atom is 0.253 e. The number of carbonyl (C=O) groups excluding carboxylic acids is 1. The molecule has 0 radical (unpaired) electrons. The lowest BCUT2D eigenvalue weighted by Gasteiger charge is -2.30. The smallest absolute Gasteiger partial charge is 0.253 e. The average molecular weight is 286 g/mol. The minimum Gasteiger partial charge on any atom is -0.347 e. The second kappa shape index (κ2) is 6.87. The van der Waals surface area contributed by atoms with Gasteiger partial charge in [0.1, 0.15) is 0 Å². The van der Waals surface area contributed by atoms with Gasteiger partial charge in [-0.2, -0.15) is 0 Å². The van der Waals surface area contributed by atoms with Crippen LogP contribution in [0.15, 0.2) is 12.1 Å². The molecule has 1 atom stereocenters. The summed E-state index contributed by atoms with van der Waals surface area (Å²) in [5, 5.41) is 2.98. The van der Waals surface area contributed by atoms with Crippen LogP contribution in [-0.4, -0.2) is 23.5 Å². The maximum atomic E-state index is 12.2. The van der Waals surface area contributed by atoms with Crippen molar-refractivity contribution in [3.63, 3.8) is 0 Å². The molecule has 1 aromatic heterocycles. The first-order valence-corrected chi connectivity index (χ1v) is 6.21. The molecule has 5 heteroatoms. The van der Waals surface area contributed by atoms with Gasteiger partial charge in [-0.1, -0.05) is 20.8 Å². The topological polar surface area (TPSA) is 68.0 Å². The zero-order chi connectivity index (χ0) is 13.9. The number of carbonyl (C=O) groups is 1. The number of amides is 1. The summed E-state index contributed by atoms with van der Waals surface area (Å²) in [6.45, 7) is 10.4. The van der Waals surface area contributed by atoms with Crippen LogP contribution in [0, 0.1) is 19.3 Å². The van der Waals surface area contributed by atoms with Crippen molar-refractivity contribution in [2.75, 3.05) is 6.54 Å². The number of nitrogens with zero attached hydrogens (tertiary/aromatic N) is 1. The lowest BCUT2D eigenvalue weighted by molar-refractivity contribution is 0.0904. The molecule has 19 heavy (non-hydrogen) atoms. The van der Waals surface area contributed by atoms with Crippen molar-refractivity contribution in [2.45, 2.75) is 40.7 Å². The molecule has 1 rings (SSSR count). The molecule has 0 aliphatic carbocycles. The van der Waals surface area contributed by atoms with Gasteiger partial charge in [0, 0.05) is 18.3 Å². The average Bonchev–Trinajstić information content (AvgIpc) is 2.23. The maximum absolute atomic E-state index is 12.2. The van der Waals surface area contributed by atoms with Crippen LogP contribution in [0.5, 0.6) is 0 Å². The van der Waals surface area contributed by atoms with Gasteiger partial charge in [0.25, 0.3) is 5.91 Å². The molecule has 0 saturated carbocycles. The van der Waals surface area contributed by atoms with Crippen LogP contribution in [0.3, 0.4) is 0 Å². The van der Waals surface area contributed by atoms with Crippen LogP contribution in [0.2, 0.25) is 0 Å². The summed E-state index contributed by atoms with van der Waals surface area (Å²) in [6.07, 6.45) is 0. The monoisotopic (exact) mass is 285 g/mol. The Hall–Kier alpha value is -1.13. The minimum absolute atomic E-state index is 0. The Morgan fingerprint density at radius 1 is 1.37 bits per heavy atom. The number of rotatable bonds is 3. The first-order chi connectivity index (χ1) is 8.25. The molecule has 0 fully saturated rings. The molecule has 108 valence electrons. The van der Waals surface area contributed by atoms with Crippen molar-refractivity contribution >= 4 is 18.3 Å². The Kier molecular flexibility index (Phi) is 6.46. The molecular formula is C14H24ClN3O. The fraction of sp³-hybridized carbons (Fsp3) is 0.571. The second-order valence-electron chi connectivity index (χ2n) is 5.71. The van der Waals surface area contributed by atoms with Crippen LogP contribution in [0.25, 0.3) is 0 Å². The Morgan fingerprint density at radius 3 is 2.37 bits per heavy atom. The van der Waals surface area contributed by atoms with Crippen molar-refractivity contribution in [1.82, 2.24) is 10.3 Å². The van der Waals surface area contributed by atoms with Gasteiger partial charge in [-0.3, -0.25) is 9.78 Å². The van der Waals surface area contributed by atoms with Gasteiger partial charge in [0.05, 0.1) is 11.3 Å². The van der Waals surface area contributed by atoms with E-state index in [-0.39, 0.29) is 29.8 Å². The number of hydrogen-bond acceptors (Lipinski definition) is 3. The zero-order valence-corrected chi connectivity index (χ0v) is 13.1.